The zero-order valence-electron chi connectivity index (χ0n) is 15.5. The Balaban J connectivity index is 1.89. The first-order chi connectivity index (χ1) is 13.5. The summed E-state index contributed by atoms with van der Waals surface area (Å²) in [6.45, 7) is 3.97. The monoisotopic (exact) mass is 387 g/mol. The number of nitrogens with zero attached hydrogens (tertiary/aromatic N) is 2. The van der Waals surface area contributed by atoms with Crippen molar-refractivity contribution in [3.8, 4) is 11.3 Å². The van der Waals surface area contributed by atoms with Gasteiger partial charge in [0.1, 0.15) is 0 Å². The number of halogens is 1. The van der Waals surface area contributed by atoms with Crippen LogP contribution in [0, 0.1) is 13.8 Å². The van der Waals surface area contributed by atoms with Gasteiger partial charge in [-0.3, -0.25) is 4.79 Å². The molecule has 0 aliphatic carbocycles. The molecule has 0 fully saturated rings. The Morgan fingerprint density at radius 2 is 1.71 bits per heavy atom. The van der Waals surface area contributed by atoms with E-state index in [2.05, 4.69) is 10.3 Å². The van der Waals surface area contributed by atoms with Crippen molar-refractivity contribution in [2.75, 3.05) is 5.32 Å². The van der Waals surface area contributed by atoms with Gasteiger partial charge >= 0.3 is 0 Å². The van der Waals surface area contributed by atoms with E-state index in [9.17, 15) is 4.79 Å². The summed E-state index contributed by atoms with van der Waals surface area (Å²) in [5, 5.41) is 3.94. The summed E-state index contributed by atoms with van der Waals surface area (Å²) in [5.74, 6) is -0.237. The molecule has 0 spiro atoms. The molecular weight excluding hydrogens is 370 g/mol. The number of aryl methyl sites for hydroxylation is 1. The number of benzene rings is 2. The number of amides is 1. The number of nitrogens with one attached hydrogen (secondary N) is 1. The standard InChI is InChI=1S/C23H18ClN3O/c1-14-9-11-16(12-10-14)21-15(2)20(17-6-3-4-7-18(17)26-21)23(28)27-19-8-5-13-25-22(19)24/h3-13H,1-2H3,(H,27,28). The number of hydrogen-bond donors (Lipinski definition) is 1. The van der Waals surface area contributed by atoms with Crippen LogP contribution in [0.5, 0.6) is 0 Å². The minimum Gasteiger partial charge on any atom is -0.319 e. The highest BCUT2D eigenvalue weighted by molar-refractivity contribution is 6.32. The predicted octanol–water partition coefficient (Wildman–Crippen LogP) is 5.82. The number of hydrogen-bond acceptors (Lipinski definition) is 3. The van der Waals surface area contributed by atoms with Gasteiger partial charge in [-0.15, -0.1) is 0 Å². The molecule has 1 N–H and O–H groups in total. The van der Waals surface area contributed by atoms with Crippen LogP contribution in [0.25, 0.3) is 22.2 Å². The van der Waals surface area contributed by atoms with Gasteiger partial charge in [-0.1, -0.05) is 59.6 Å². The van der Waals surface area contributed by atoms with Crippen molar-refractivity contribution in [3.63, 3.8) is 0 Å². The maximum absolute atomic E-state index is 13.2. The third-order valence-corrected chi connectivity index (χ3v) is 5.00. The lowest BCUT2D eigenvalue weighted by atomic mass is 9.96. The molecular formula is C23H18ClN3O. The van der Waals surface area contributed by atoms with Crippen molar-refractivity contribution in [3.05, 3.63) is 88.7 Å². The lowest BCUT2D eigenvalue weighted by Gasteiger charge is -2.15. The third-order valence-electron chi connectivity index (χ3n) is 4.70. The molecule has 0 atom stereocenters. The van der Waals surface area contributed by atoms with Gasteiger partial charge in [-0.2, -0.15) is 0 Å². The van der Waals surface area contributed by atoms with E-state index in [4.69, 9.17) is 16.6 Å². The summed E-state index contributed by atoms with van der Waals surface area (Å²) < 4.78 is 0. The molecule has 28 heavy (non-hydrogen) atoms. The van der Waals surface area contributed by atoms with Crippen molar-refractivity contribution in [2.24, 2.45) is 0 Å². The molecule has 2 aromatic heterocycles. The van der Waals surface area contributed by atoms with Gasteiger partial charge in [0.15, 0.2) is 5.15 Å². The Morgan fingerprint density at radius 3 is 2.46 bits per heavy atom. The minimum atomic E-state index is -0.237. The first-order valence-corrected chi connectivity index (χ1v) is 9.30. The molecule has 0 unspecified atom stereocenters. The van der Waals surface area contributed by atoms with Gasteiger partial charge in [-0.05, 0) is 37.6 Å². The number of anilines is 1. The SMILES string of the molecule is Cc1ccc(-c2nc3ccccc3c(C(=O)Nc3cccnc3Cl)c2C)cc1. The van der Waals surface area contributed by atoms with Crippen LogP contribution in [0.1, 0.15) is 21.5 Å². The number of rotatable bonds is 3. The molecule has 4 nitrogen and oxygen atoms in total. The second kappa shape index (κ2) is 7.41. The molecule has 0 saturated heterocycles. The molecule has 4 rings (SSSR count). The van der Waals surface area contributed by atoms with E-state index in [0.717, 1.165) is 27.7 Å². The van der Waals surface area contributed by atoms with Crippen LogP contribution in [-0.2, 0) is 0 Å². The Bertz CT molecular complexity index is 1190. The van der Waals surface area contributed by atoms with Crippen LogP contribution in [0.2, 0.25) is 5.15 Å². The first-order valence-electron chi connectivity index (χ1n) is 8.93. The minimum absolute atomic E-state index is 0.237. The molecule has 0 radical (unpaired) electrons. The zero-order chi connectivity index (χ0) is 19.7. The lowest BCUT2D eigenvalue weighted by molar-refractivity contribution is 0.102. The summed E-state index contributed by atoms with van der Waals surface area (Å²) in [4.78, 5) is 22.1. The quantitative estimate of drug-likeness (QED) is 0.450. The summed E-state index contributed by atoms with van der Waals surface area (Å²) in [7, 11) is 0. The smallest absolute Gasteiger partial charge is 0.256 e. The molecule has 0 saturated carbocycles. The Hall–Kier alpha value is -3.24. The van der Waals surface area contributed by atoms with Gasteiger partial charge < -0.3 is 5.32 Å². The van der Waals surface area contributed by atoms with Crippen LogP contribution in [0.15, 0.2) is 66.9 Å². The average molecular weight is 388 g/mol. The topological polar surface area (TPSA) is 54.9 Å². The highest BCUT2D eigenvalue weighted by Gasteiger charge is 2.19. The molecule has 138 valence electrons. The Kier molecular flexibility index (Phi) is 4.80. The van der Waals surface area contributed by atoms with Crippen molar-refractivity contribution < 1.29 is 4.79 Å². The average Bonchev–Trinajstić information content (AvgIpc) is 2.70. The van der Waals surface area contributed by atoms with Crippen LogP contribution in [-0.4, -0.2) is 15.9 Å². The molecule has 2 aromatic carbocycles. The molecule has 0 aliphatic heterocycles. The molecule has 0 aliphatic rings. The maximum atomic E-state index is 13.2. The highest BCUT2D eigenvalue weighted by Crippen LogP contribution is 2.31. The van der Waals surface area contributed by atoms with Gasteiger partial charge in [-0.25, -0.2) is 9.97 Å². The van der Waals surface area contributed by atoms with Crippen molar-refractivity contribution in [2.45, 2.75) is 13.8 Å². The maximum Gasteiger partial charge on any atom is 0.256 e. The van der Waals surface area contributed by atoms with Crippen molar-refractivity contribution in [1.29, 1.82) is 0 Å². The van der Waals surface area contributed by atoms with Crippen molar-refractivity contribution >= 4 is 34.1 Å². The number of para-hydroxylation sites is 1. The Morgan fingerprint density at radius 1 is 0.964 bits per heavy atom. The fourth-order valence-corrected chi connectivity index (χ4v) is 3.42. The van der Waals surface area contributed by atoms with Crippen LogP contribution >= 0.6 is 11.6 Å². The molecule has 1 amide bonds. The summed E-state index contributed by atoms with van der Waals surface area (Å²) in [5.41, 5.74) is 5.59. The number of fused-ring (bicyclic) bond motifs is 1. The van der Waals surface area contributed by atoms with E-state index in [1.165, 1.54) is 5.56 Å². The first kappa shape index (κ1) is 18.1. The van der Waals surface area contributed by atoms with Gasteiger partial charge in [0.25, 0.3) is 5.91 Å². The van der Waals surface area contributed by atoms with E-state index in [-0.39, 0.29) is 11.1 Å². The van der Waals surface area contributed by atoms with E-state index < -0.39 is 0 Å². The predicted molar refractivity (Wildman–Crippen MR) is 114 cm³/mol. The van der Waals surface area contributed by atoms with Crippen LogP contribution in [0.3, 0.4) is 0 Å². The molecule has 5 heteroatoms. The van der Waals surface area contributed by atoms with Crippen LogP contribution in [0.4, 0.5) is 5.69 Å². The molecule has 0 bridgehead atoms. The summed E-state index contributed by atoms with van der Waals surface area (Å²) >= 11 is 6.12. The van der Waals surface area contributed by atoms with E-state index in [1.54, 1.807) is 18.3 Å². The van der Waals surface area contributed by atoms with E-state index >= 15 is 0 Å². The van der Waals surface area contributed by atoms with E-state index in [0.29, 0.717) is 11.3 Å². The molecule has 2 heterocycles. The number of carbonyl (C=O) groups excluding carboxylic acids is 1. The van der Waals surface area contributed by atoms with Crippen LogP contribution < -0.4 is 5.32 Å². The summed E-state index contributed by atoms with van der Waals surface area (Å²) in [6.07, 6.45) is 1.58. The molecule has 4 aromatic rings. The van der Waals surface area contributed by atoms with Gasteiger partial charge in [0.2, 0.25) is 0 Å². The number of pyridine rings is 2. The van der Waals surface area contributed by atoms with E-state index in [1.807, 2.05) is 62.4 Å². The fraction of sp³-hybridized carbons (Fsp3) is 0.0870. The second-order valence-corrected chi connectivity index (χ2v) is 7.00. The lowest BCUT2D eigenvalue weighted by Crippen LogP contribution is -2.15. The largest absolute Gasteiger partial charge is 0.319 e. The second-order valence-electron chi connectivity index (χ2n) is 6.64. The van der Waals surface area contributed by atoms with Crippen molar-refractivity contribution in [1.82, 2.24) is 9.97 Å². The number of aromatic nitrogens is 2. The number of carbonyl (C=O) groups is 1. The summed E-state index contributed by atoms with van der Waals surface area (Å²) in [6, 6.07) is 19.3. The Labute approximate surface area is 168 Å². The normalized spacial score (nSPS) is 10.8. The highest BCUT2D eigenvalue weighted by atomic mass is 35.5. The third kappa shape index (κ3) is 3.35. The van der Waals surface area contributed by atoms with Gasteiger partial charge in [0.05, 0.1) is 22.5 Å². The fourth-order valence-electron chi connectivity index (χ4n) is 3.26. The zero-order valence-corrected chi connectivity index (χ0v) is 16.3. The van der Waals surface area contributed by atoms with Gasteiger partial charge in [0, 0.05) is 17.1 Å².